The van der Waals surface area contributed by atoms with Gasteiger partial charge in [0.2, 0.25) is 11.8 Å². The third-order valence-corrected chi connectivity index (χ3v) is 4.33. The second-order valence-electron chi connectivity index (χ2n) is 5.51. The second kappa shape index (κ2) is 8.89. The molecule has 2 rings (SSSR count). The minimum Gasteiger partial charge on any atom is -0.353 e. The van der Waals surface area contributed by atoms with E-state index in [0.717, 1.165) is 25.7 Å². The van der Waals surface area contributed by atoms with E-state index in [1.165, 1.54) is 12.6 Å². The van der Waals surface area contributed by atoms with Crippen molar-refractivity contribution >= 4 is 41.2 Å². The second-order valence-corrected chi connectivity index (χ2v) is 6.32. The number of benzene rings is 1. The maximum atomic E-state index is 11.8. The number of carbonyl (C=O) groups excluding carboxylic acids is 2. The summed E-state index contributed by atoms with van der Waals surface area (Å²) < 4.78 is 0. The number of halogens is 2. The van der Waals surface area contributed by atoms with E-state index in [4.69, 9.17) is 23.2 Å². The number of hydrazone groups is 1. The first kappa shape index (κ1) is 17.8. The Kier molecular flexibility index (Phi) is 6.86. The van der Waals surface area contributed by atoms with Crippen LogP contribution < -0.4 is 10.7 Å². The maximum absolute atomic E-state index is 11.8. The Morgan fingerprint density at radius 3 is 2.43 bits per heavy atom. The van der Waals surface area contributed by atoms with E-state index in [2.05, 4.69) is 15.8 Å². The first-order valence-electron chi connectivity index (χ1n) is 7.61. The molecule has 5 nitrogen and oxygen atoms in total. The monoisotopic (exact) mass is 355 g/mol. The lowest BCUT2D eigenvalue weighted by molar-refractivity contribution is -0.129. The lowest BCUT2D eigenvalue weighted by atomic mass is 9.95. The smallest absolute Gasteiger partial charge is 0.249 e. The average Bonchev–Trinajstić information content (AvgIpc) is 2.51. The topological polar surface area (TPSA) is 70.6 Å². The van der Waals surface area contributed by atoms with Crippen molar-refractivity contribution in [3.05, 3.63) is 33.8 Å². The van der Waals surface area contributed by atoms with Gasteiger partial charge in [-0.2, -0.15) is 5.10 Å². The number of hydrogen-bond donors (Lipinski definition) is 2. The van der Waals surface area contributed by atoms with Gasteiger partial charge in [0.25, 0.3) is 0 Å². The van der Waals surface area contributed by atoms with E-state index in [0.29, 0.717) is 15.6 Å². The van der Waals surface area contributed by atoms with Gasteiger partial charge in [0, 0.05) is 11.6 Å². The van der Waals surface area contributed by atoms with E-state index in [9.17, 15) is 9.59 Å². The Labute approximate surface area is 145 Å². The largest absolute Gasteiger partial charge is 0.353 e. The lowest BCUT2D eigenvalue weighted by Gasteiger charge is -2.22. The summed E-state index contributed by atoms with van der Waals surface area (Å²) in [6.45, 7) is 0. The van der Waals surface area contributed by atoms with Crippen LogP contribution in [0.15, 0.2) is 23.3 Å². The fourth-order valence-corrected chi connectivity index (χ4v) is 3.01. The van der Waals surface area contributed by atoms with Crippen LogP contribution in [0.3, 0.4) is 0 Å². The normalized spacial score (nSPS) is 15.6. The summed E-state index contributed by atoms with van der Waals surface area (Å²) in [6.07, 6.45) is 6.55. The van der Waals surface area contributed by atoms with E-state index >= 15 is 0 Å². The minimum atomic E-state index is -0.474. The van der Waals surface area contributed by atoms with Gasteiger partial charge in [-0.1, -0.05) is 48.5 Å². The third kappa shape index (κ3) is 5.84. The van der Waals surface area contributed by atoms with Crippen LogP contribution in [0.2, 0.25) is 10.0 Å². The number of nitrogens with zero attached hydrogens (tertiary/aromatic N) is 1. The fourth-order valence-electron chi connectivity index (χ4n) is 2.51. The summed E-state index contributed by atoms with van der Waals surface area (Å²) in [5.41, 5.74) is 2.82. The molecule has 1 aromatic carbocycles. The van der Waals surface area contributed by atoms with Gasteiger partial charge in [-0.15, -0.1) is 0 Å². The van der Waals surface area contributed by atoms with Crippen LogP contribution in [0.1, 0.15) is 44.1 Å². The van der Waals surface area contributed by atoms with Gasteiger partial charge >= 0.3 is 0 Å². The standard InChI is InChI=1S/C16H19Cl2N3O2/c17-13-7-4-8-14(18)12(13)10-19-21-16(23)9-15(22)20-11-5-2-1-3-6-11/h4,7-8,10-11H,1-3,5-6,9H2,(H,20,22)(H,21,23). The SMILES string of the molecule is O=C(CC(=O)NC1CCCCC1)NN=Cc1c(Cl)cccc1Cl. The van der Waals surface area contributed by atoms with Crippen molar-refractivity contribution in [2.75, 3.05) is 0 Å². The fraction of sp³-hybridized carbons (Fsp3) is 0.438. The molecule has 0 spiro atoms. The van der Waals surface area contributed by atoms with Gasteiger partial charge in [-0.05, 0) is 25.0 Å². The average molecular weight is 356 g/mol. The lowest BCUT2D eigenvalue weighted by Crippen LogP contribution is -2.38. The molecular formula is C16H19Cl2N3O2. The molecule has 0 radical (unpaired) electrons. The van der Waals surface area contributed by atoms with Gasteiger partial charge < -0.3 is 5.32 Å². The molecule has 2 amide bonds. The van der Waals surface area contributed by atoms with Crippen LogP contribution in [0.5, 0.6) is 0 Å². The molecule has 0 heterocycles. The number of nitrogens with one attached hydrogen (secondary N) is 2. The summed E-state index contributed by atoms with van der Waals surface area (Å²) in [5.74, 6) is -0.752. The van der Waals surface area contributed by atoms with Crippen LogP contribution in [-0.4, -0.2) is 24.1 Å². The van der Waals surface area contributed by atoms with Crippen LogP contribution in [-0.2, 0) is 9.59 Å². The van der Waals surface area contributed by atoms with Crippen LogP contribution in [0.4, 0.5) is 0 Å². The first-order chi connectivity index (χ1) is 11.1. The first-order valence-corrected chi connectivity index (χ1v) is 8.37. The highest BCUT2D eigenvalue weighted by molar-refractivity contribution is 6.38. The van der Waals surface area contributed by atoms with E-state index in [-0.39, 0.29) is 18.4 Å². The van der Waals surface area contributed by atoms with Crippen LogP contribution in [0.25, 0.3) is 0 Å². The zero-order chi connectivity index (χ0) is 16.7. The molecule has 2 N–H and O–H groups in total. The Morgan fingerprint density at radius 1 is 1.13 bits per heavy atom. The zero-order valence-electron chi connectivity index (χ0n) is 12.6. The van der Waals surface area contributed by atoms with E-state index in [1.807, 2.05) is 0 Å². The molecule has 0 aromatic heterocycles. The Balaban J connectivity index is 1.78. The molecule has 0 aliphatic heterocycles. The van der Waals surface area contributed by atoms with Gasteiger partial charge in [0.05, 0.1) is 16.3 Å². The Bertz CT molecular complexity index is 579. The molecule has 0 atom stereocenters. The van der Waals surface area contributed by atoms with Crippen molar-refractivity contribution in [2.24, 2.45) is 5.10 Å². The highest BCUT2D eigenvalue weighted by Gasteiger charge is 2.17. The van der Waals surface area contributed by atoms with Gasteiger partial charge in [-0.25, -0.2) is 5.43 Å². The Hall–Kier alpha value is -1.59. The van der Waals surface area contributed by atoms with E-state index < -0.39 is 5.91 Å². The number of carbonyl (C=O) groups is 2. The Morgan fingerprint density at radius 2 is 1.78 bits per heavy atom. The zero-order valence-corrected chi connectivity index (χ0v) is 14.2. The minimum absolute atomic E-state index is 0.189. The molecule has 124 valence electrons. The predicted molar refractivity (Wildman–Crippen MR) is 91.8 cm³/mol. The molecule has 0 unspecified atom stereocenters. The molecule has 23 heavy (non-hydrogen) atoms. The molecule has 1 fully saturated rings. The van der Waals surface area contributed by atoms with Crippen molar-refractivity contribution in [3.8, 4) is 0 Å². The molecule has 0 bridgehead atoms. The van der Waals surface area contributed by atoms with Gasteiger partial charge in [-0.3, -0.25) is 9.59 Å². The molecule has 1 saturated carbocycles. The highest BCUT2D eigenvalue weighted by atomic mass is 35.5. The number of amides is 2. The predicted octanol–water partition coefficient (Wildman–Crippen LogP) is 3.28. The van der Waals surface area contributed by atoms with E-state index in [1.54, 1.807) is 18.2 Å². The summed E-state index contributed by atoms with van der Waals surface area (Å²) in [5, 5.41) is 7.54. The molecule has 1 aromatic rings. The van der Waals surface area contributed by atoms with Crippen molar-refractivity contribution in [1.29, 1.82) is 0 Å². The molecule has 1 aliphatic carbocycles. The maximum Gasteiger partial charge on any atom is 0.249 e. The van der Waals surface area contributed by atoms with Gasteiger partial charge in [0.15, 0.2) is 0 Å². The van der Waals surface area contributed by atoms with Crippen LogP contribution >= 0.6 is 23.2 Å². The number of hydrogen-bond acceptors (Lipinski definition) is 3. The summed E-state index contributed by atoms with van der Waals surface area (Å²) in [7, 11) is 0. The molecule has 1 aliphatic rings. The molecular weight excluding hydrogens is 337 g/mol. The number of rotatable bonds is 5. The van der Waals surface area contributed by atoms with Crippen molar-refractivity contribution in [2.45, 2.75) is 44.6 Å². The highest BCUT2D eigenvalue weighted by Crippen LogP contribution is 2.22. The van der Waals surface area contributed by atoms with Gasteiger partial charge in [0.1, 0.15) is 6.42 Å². The third-order valence-electron chi connectivity index (χ3n) is 3.67. The summed E-state index contributed by atoms with van der Waals surface area (Å²) in [6, 6.07) is 5.26. The molecule has 0 saturated heterocycles. The van der Waals surface area contributed by atoms with Crippen LogP contribution in [0, 0.1) is 0 Å². The van der Waals surface area contributed by atoms with Crippen molar-refractivity contribution in [3.63, 3.8) is 0 Å². The van der Waals surface area contributed by atoms with Crippen molar-refractivity contribution < 1.29 is 9.59 Å². The summed E-state index contributed by atoms with van der Waals surface area (Å²) in [4.78, 5) is 23.5. The quantitative estimate of drug-likeness (QED) is 0.483. The van der Waals surface area contributed by atoms with Crippen molar-refractivity contribution in [1.82, 2.24) is 10.7 Å². The summed E-state index contributed by atoms with van der Waals surface area (Å²) >= 11 is 12.0. The molecule has 7 heteroatoms.